The van der Waals surface area contributed by atoms with Gasteiger partial charge >= 0.3 is 0 Å². The maximum Gasteiger partial charge on any atom is 0.238 e. The van der Waals surface area contributed by atoms with E-state index in [9.17, 15) is 0 Å². The van der Waals surface area contributed by atoms with Crippen LogP contribution in [0.5, 0.6) is 0 Å². The van der Waals surface area contributed by atoms with E-state index in [2.05, 4.69) is 9.97 Å². The number of nitrogens with zero attached hydrogens (tertiary/aromatic N) is 3. The van der Waals surface area contributed by atoms with Crippen LogP contribution in [0.3, 0.4) is 0 Å². The summed E-state index contributed by atoms with van der Waals surface area (Å²) in [5, 5.41) is 0. The molecule has 2 radical (unpaired) electrons. The molecular formula is C10H8BN3. The molecule has 2 rings (SSSR count). The summed E-state index contributed by atoms with van der Waals surface area (Å²) in [7, 11) is 5.82. The SMILES string of the molecule is [B]N(c1ccccn1)c1ccccn1. The van der Waals surface area contributed by atoms with Crippen LogP contribution in [0.25, 0.3) is 0 Å². The first-order valence-corrected chi connectivity index (χ1v) is 4.25. The third kappa shape index (κ3) is 1.74. The number of hydrogen-bond acceptors (Lipinski definition) is 3. The Morgan fingerprint density at radius 1 is 0.857 bits per heavy atom. The van der Waals surface area contributed by atoms with Gasteiger partial charge in [-0.05, 0) is 24.3 Å². The smallest absolute Gasteiger partial charge is 0.238 e. The van der Waals surface area contributed by atoms with Gasteiger partial charge in [0.1, 0.15) is 11.6 Å². The first kappa shape index (κ1) is 8.75. The summed E-state index contributed by atoms with van der Waals surface area (Å²) in [5.41, 5.74) is 0. The summed E-state index contributed by atoms with van der Waals surface area (Å²) in [6.07, 6.45) is 3.39. The minimum atomic E-state index is 0.672. The summed E-state index contributed by atoms with van der Waals surface area (Å²) in [6.45, 7) is 0. The molecule has 0 aromatic carbocycles. The number of pyridine rings is 2. The number of anilines is 2. The highest BCUT2D eigenvalue weighted by Gasteiger charge is 2.03. The molecule has 0 bridgehead atoms. The molecule has 4 heteroatoms. The standard InChI is InChI=1S/C10H8BN3/c11-14(9-5-1-3-7-12-9)10-6-2-4-8-13-10/h1-8H. The zero-order valence-electron chi connectivity index (χ0n) is 7.54. The van der Waals surface area contributed by atoms with Crippen molar-refractivity contribution in [3.8, 4) is 0 Å². The third-order valence-corrected chi connectivity index (χ3v) is 1.79. The van der Waals surface area contributed by atoms with Crippen molar-refractivity contribution in [2.75, 3.05) is 4.81 Å². The highest BCUT2D eigenvalue weighted by molar-refractivity contribution is 6.21. The molecule has 0 N–H and O–H groups in total. The van der Waals surface area contributed by atoms with Crippen molar-refractivity contribution in [3.63, 3.8) is 0 Å². The van der Waals surface area contributed by atoms with Crippen LogP contribution in [0, 0.1) is 0 Å². The van der Waals surface area contributed by atoms with Crippen LogP contribution in [0.15, 0.2) is 48.8 Å². The molecule has 0 fully saturated rings. The average molecular weight is 181 g/mol. The molecule has 0 aliphatic heterocycles. The van der Waals surface area contributed by atoms with Crippen LogP contribution in [0.2, 0.25) is 0 Å². The lowest BCUT2D eigenvalue weighted by Crippen LogP contribution is -2.14. The Kier molecular flexibility index (Phi) is 2.45. The van der Waals surface area contributed by atoms with Gasteiger partial charge in [0.2, 0.25) is 7.98 Å². The van der Waals surface area contributed by atoms with Crippen molar-refractivity contribution < 1.29 is 0 Å². The van der Waals surface area contributed by atoms with Crippen LogP contribution in [-0.4, -0.2) is 17.9 Å². The first-order valence-electron chi connectivity index (χ1n) is 4.25. The second kappa shape index (κ2) is 3.92. The second-order valence-electron chi connectivity index (χ2n) is 2.75. The third-order valence-electron chi connectivity index (χ3n) is 1.79. The Morgan fingerprint density at radius 3 is 1.71 bits per heavy atom. The summed E-state index contributed by atoms with van der Waals surface area (Å²) in [5.74, 6) is 1.34. The maximum atomic E-state index is 5.82. The van der Waals surface area contributed by atoms with Crippen molar-refractivity contribution in [1.29, 1.82) is 0 Å². The fraction of sp³-hybridized carbons (Fsp3) is 0. The molecule has 2 heterocycles. The molecule has 0 saturated heterocycles. The predicted molar refractivity (Wildman–Crippen MR) is 56.4 cm³/mol. The lowest BCUT2D eigenvalue weighted by molar-refractivity contribution is 1.18. The molecule has 0 saturated carbocycles. The minimum absolute atomic E-state index is 0.672. The molecule has 3 nitrogen and oxygen atoms in total. The van der Waals surface area contributed by atoms with Crippen molar-refractivity contribution in [3.05, 3.63) is 48.8 Å². The van der Waals surface area contributed by atoms with Gasteiger partial charge < -0.3 is 4.81 Å². The Labute approximate surface area is 83.9 Å². The van der Waals surface area contributed by atoms with Gasteiger partial charge in [0, 0.05) is 12.4 Å². The summed E-state index contributed by atoms with van der Waals surface area (Å²) >= 11 is 0. The monoisotopic (exact) mass is 181 g/mol. The van der Waals surface area contributed by atoms with Crippen LogP contribution in [0.4, 0.5) is 11.6 Å². The molecule has 0 amide bonds. The van der Waals surface area contributed by atoms with Crippen LogP contribution in [-0.2, 0) is 0 Å². The Bertz CT molecular complexity index is 351. The Balaban J connectivity index is 2.30. The van der Waals surface area contributed by atoms with Crippen molar-refractivity contribution in [2.24, 2.45) is 0 Å². The Hall–Kier alpha value is -1.84. The molecule has 2 aromatic heterocycles. The maximum absolute atomic E-state index is 5.82. The zero-order valence-corrected chi connectivity index (χ0v) is 7.54. The molecule has 0 atom stereocenters. The lowest BCUT2D eigenvalue weighted by Gasteiger charge is -2.16. The Morgan fingerprint density at radius 2 is 1.36 bits per heavy atom. The van der Waals surface area contributed by atoms with Gasteiger partial charge in [-0.15, -0.1) is 0 Å². The lowest BCUT2D eigenvalue weighted by atomic mass is 10.2. The minimum Gasteiger partial charge on any atom is -0.368 e. The van der Waals surface area contributed by atoms with Crippen molar-refractivity contribution in [1.82, 2.24) is 9.97 Å². The topological polar surface area (TPSA) is 29.0 Å². The van der Waals surface area contributed by atoms with Crippen molar-refractivity contribution >= 4 is 19.6 Å². The van der Waals surface area contributed by atoms with Gasteiger partial charge in [0.25, 0.3) is 0 Å². The summed E-state index contributed by atoms with van der Waals surface area (Å²) < 4.78 is 0. The van der Waals surface area contributed by atoms with Gasteiger partial charge in [0.15, 0.2) is 0 Å². The van der Waals surface area contributed by atoms with E-state index < -0.39 is 0 Å². The van der Waals surface area contributed by atoms with E-state index in [0.717, 1.165) is 0 Å². The summed E-state index contributed by atoms with van der Waals surface area (Å²) in [6, 6.07) is 11.1. The molecule has 0 aliphatic carbocycles. The fourth-order valence-corrected chi connectivity index (χ4v) is 1.11. The van der Waals surface area contributed by atoms with E-state index in [4.69, 9.17) is 7.98 Å². The number of aromatic nitrogens is 2. The van der Waals surface area contributed by atoms with Gasteiger partial charge in [-0.1, -0.05) is 12.1 Å². The zero-order chi connectivity index (χ0) is 9.80. The van der Waals surface area contributed by atoms with Crippen LogP contribution < -0.4 is 4.81 Å². The van der Waals surface area contributed by atoms with E-state index in [1.54, 1.807) is 12.4 Å². The van der Waals surface area contributed by atoms with Crippen molar-refractivity contribution in [2.45, 2.75) is 0 Å². The van der Waals surface area contributed by atoms with Gasteiger partial charge in [-0.3, -0.25) is 0 Å². The van der Waals surface area contributed by atoms with Crippen LogP contribution in [0.1, 0.15) is 0 Å². The van der Waals surface area contributed by atoms with Gasteiger partial charge in [0.05, 0.1) is 0 Å². The average Bonchev–Trinajstić information content (AvgIpc) is 2.30. The molecule has 0 aliphatic rings. The second-order valence-corrected chi connectivity index (χ2v) is 2.75. The van der Waals surface area contributed by atoms with E-state index in [1.807, 2.05) is 36.4 Å². The molecule has 0 unspecified atom stereocenters. The quantitative estimate of drug-likeness (QED) is 0.660. The molecule has 66 valence electrons. The largest absolute Gasteiger partial charge is 0.368 e. The summed E-state index contributed by atoms with van der Waals surface area (Å²) in [4.78, 5) is 9.68. The normalized spacial score (nSPS) is 9.71. The highest BCUT2D eigenvalue weighted by atomic mass is 15.2. The van der Waals surface area contributed by atoms with E-state index in [-0.39, 0.29) is 0 Å². The van der Waals surface area contributed by atoms with E-state index in [0.29, 0.717) is 11.6 Å². The van der Waals surface area contributed by atoms with E-state index in [1.165, 1.54) is 4.81 Å². The molecule has 0 spiro atoms. The van der Waals surface area contributed by atoms with Gasteiger partial charge in [-0.25, -0.2) is 9.97 Å². The molecule has 14 heavy (non-hydrogen) atoms. The molecule has 2 aromatic rings. The molecular weight excluding hydrogens is 173 g/mol. The highest BCUT2D eigenvalue weighted by Crippen LogP contribution is 2.16. The van der Waals surface area contributed by atoms with E-state index >= 15 is 0 Å². The fourth-order valence-electron chi connectivity index (χ4n) is 1.11. The van der Waals surface area contributed by atoms with Crippen LogP contribution >= 0.6 is 0 Å². The van der Waals surface area contributed by atoms with Gasteiger partial charge in [-0.2, -0.15) is 0 Å². The number of hydrogen-bond donors (Lipinski definition) is 0. The predicted octanol–water partition coefficient (Wildman–Crippen LogP) is 1.70. The number of rotatable bonds is 2. The first-order chi connectivity index (χ1) is 6.88.